The zero-order valence-electron chi connectivity index (χ0n) is 11.5. The van der Waals surface area contributed by atoms with E-state index in [1.165, 1.54) is 12.1 Å². The summed E-state index contributed by atoms with van der Waals surface area (Å²) in [5.74, 6) is -1.06. The number of unbranched alkanes of at least 4 members (excludes halogenated alkanes) is 1. The van der Waals surface area contributed by atoms with Gasteiger partial charge in [0.15, 0.2) is 0 Å². The molecule has 1 aromatic rings. The maximum absolute atomic E-state index is 12.8. The van der Waals surface area contributed by atoms with Crippen molar-refractivity contribution in [3.8, 4) is 0 Å². The first-order valence-corrected chi connectivity index (χ1v) is 6.76. The lowest BCUT2D eigenvalue weighted by Crippen LogP contribution is -2.42. The van der Waals surface area contributed by atoms with Crippen molar-refractivity contribution in [3.05, 3.63) is 35.6 Å². The highest BCUT2D eigenvalue weighted by Crippen LogP contribution is 2.08. The van der Waals surface area contributed by atoms with Crippen molar-refractivity contribution >= 4 is 5.97 Å². The Morgan fingerprint density at radius 1 is 1.37 bits per heavy atom. The molecule has 0 bridgehead atoms. The number of aliphatic carboxylic acids is 1. The molecular weight excluding hydrogens is 245 g/mol. The van der Waals surface area contributed by atoms with Crippen LogP contribution in [0.2, 0.25) is 0 Å². The fraction of sp³-hybridized carbons (Fsp3) is 0.533. The van der Waals surface area contributed by atoms with Crippen molar-refractivity contribution in [1.29, 1.82) is 0 Å². The number of hydrogen-bond acceptors (Lipinski definition) is 2. The fourth-order valence-electron chi connectivity index (χ4n) is 2.06. The molecule has 1 unspecified atom stereocenters. The van der Waals surface area contributed by atoms with Crippen LogP contribution in [0, 0.1) is 5.82 Å². The Hall–Kier alpha value is -1.42. The van der Waals surface area contributed by atoms with Crippen molar-refractivity contribution in [2.75, 3.05) is 0 Å². The molecule has 106 valence electrons. The molecule has 3 nitrogen and oxygen atoms in total. The van der Waals surface area contributed by atoms with Gasteiger partial charge in [0.05, 0.1) is 0 Å². The molecule has 0 aromatic heterocycles. The first-order chi connectivity index (χ1) is 9.02. The fourth-order valence-corrected chi connectivity index (χ4v) is 2.06. The topological polar surface area (TPSA) is 49.3 Å². The summed E-state index contributed by atoms with van der Waals surface area (Å²) in [6.07, 6.45) is 3.21. The van der Waals surface area contributed by atoms with Gasteiger partial charge in [-0.1, -0.05) is 31.9 Å². The van der Waals surface area contributed by atoms with Gasteiger partial charge in [0.1, 0.15) is 11.9 Å². The highest BCUT2D eigenvalue weighted by Gasteiger charge is 2.18. The van der Waals surface area contributed by atoms with Gasteiger partial charge in [0.2, 0.25) is 0 Å². The molecule has 19 heavy (non-hydrogen) atoms. The van der Waals surface area contributed by atoms with E-state index in [4.69, 9.17) is 5.11 Å². The van der Waals surface area contributed by atoms with Gasteiger partial charge in [-0.2, -0.15) is 0 Å². The summed E-state index contributed by atoms with van der Waals surface area (Å²) in [6.45, 7) is 3.99. The highest BCUT2D eigenvalue weighted by molar-refractivity contribution is 5.73. The van der Waals surface area contributed by atoms with Gasteiger partial charge >= 0.3 is 5.97 Å². The summed E-state index contributed by atoms with van der Waals surface area (Å²) in [5, 5.41) is 12.3. The first-order valence-electron chi connectivity index (χ1n) is 6.76. The van der Waals surface area contributed by atoms with Crippen molar-refractivity contribution in [2.45, 2.75) is 51.6 Å². The van der Waals surface area contributed by atoms with Gasteiger partial charge in [0.25, 0.3) is 0 Å². The molecule has 1 aromatic carbocycles. The lowest BCUT2D eigenvalue weighted by molar-refractivity contribution is -0.139. The van der Waals surface area contributed by atoms with Crippen molar-refractivity contribution in [2.24, 2.45) is 0 Å². The second-order valence-electron chi connectivity index (χ2n) is 4.93. The van der Waals surface area contributed by atoms with E-state index < -0.39 is 12.0 Å². The predicted molar refractivity (Wildman–Crippen MR) is 73.7 cm³/mol. The number of hydrogen-bond donors (Lipinski definition) is 2. The van der Waals surface area contributed by atoms with Crippen LogP contribution in [0.25, 0.3) is 0 Å². The summed E-state index contributed by atoms with van der Waals surface area (Å²) >= 11 is 0. The van der Waals surface area contributed by atoms with E-state index in [0.29, 0.717) is 12.8 Å². The number of carboxylic acids is 1. The zero-order valence-corrected chi connectivity index (χ0v) is 11.5. The normalized spacial score (nSPS) is 14.1. The van der Waals surface area contributed by atoms with Gasteiger partial charge in [-0.15, -0.1) is 0 Å². The monoisotopic (exact) mass is 267 g/mol. The maximum atomic E-state index is 12.8. The van der Waals surface area contributed by atoms with Crippen LogP contribution in [0.3, 0.4) is 0 Å². The van der Waals surface area contributed by atoms with Gasteiger partial charge < -0.3 is 10.4 Å². The van der Waals surface area contributed by atoms with Crippen LogP contribution in [0.1, 0.15) is 38.7 Å². The molecule has 0 heterocycles. The number of nitrogens with one attached hydrogen (secondary N) is 1. The van der Waals surface area contributed by atoms with E-state index in [0.717, 1.165) is 18.4 Å². The molecule has 0 spiro atoms. The van der Waals surface area contributed by atoms with E-state index >= 15 is 0 Å². The summed E-state index contributed by atoms with van der Waals surface area (Å²) in [5.41, 5.74) is 1.00. The van der Waals surface area contributed by atoms with Crippen LogP contribution >= 0.6 is 0 Å². The molecule has 0 saturated carbocycles. The van der Waals surface area contributed by atoms with Crippen LogP contribution in [0.4, 0.5) is 4.39 Å². The SMILES string of the molecule is CCCC[C@H](NC(C)Cc1ccc(F)cc1)C(=O)O. The predicted octanol–water partition coefficient (Wildman–Crippen LogP) is 2.99. The minimum Gasteiger partial charge on any atom is -0.480 e. The van der Waals surface area contributed by atoms with E-state index in [9.17, 15) is 9.18 Å². The average Bonchev–Trinajstić information content (AvgIpc) is 2.37. The third-order valence-electron chi connectivity index (χ3n) is 3.09. The average molecular weight is 267 g/mol. The number of halogens is 1. The van der Waals surface area contributed by atoms with Crippen molar-refractivity contribution in [3.63, 3.8) is 0 Å². The van der Waals surface area contributed by atoms with Gasteiger partial charge in [-0.3, -0.25) is 4.79 Å². The summed E-state index contributed by atoms with van der Waals surface area (Å²) in [7, 11) is 0. The van der Waals surface area contributed by atoms with Crippen LogP contribution in [0.15, 0.2) is 24.3 Å². The minimum atomic E-state index is -0.806. The molecule has 0 fully saturated rings. The van der Waals surface area contributed by atoms with Crippen LogP contribution in [-0.2, 0) is 11.2 Å². The molecule has 0 aliphatic heterocycles. The first kappa shape index (κ1) is 15.6. The Morgan fingerprint density at radius 3 is 2.53 bits per heavy atom. The van der Waals surface area contributed by atoms with Gasteiger partial charge in [-0.05, 0) is 37.5 Å². The molecular formula is C15H22FNO2. The Bertz CT molecular complexity index is 392. The second-order valence-corrected chi connectivity index (χ2v) is 4.93. The number of carbonyl (C=O) groups is 1. The Labute approximate surface area is 113 Å². The lowest BCUT2D eigenvalue weighted by atomic mass is 10.0. The van der Waals surface area contributed by atoms with Crippen LogP contribution in [0.5, 0.6) is 0 Å². The second kappa shape index (κ2) is 7.89. The number of benzene rings is 1. The van der Waals surface area contributed by atoms with E-state index in [-0.39, 0.29) is 11.9 Å². The lowest BCUT2D eigenvalue weighted by Gasteiger charge is -2.20. The van der Waals surface area contributed by atoms with Gasteiger partial charge in [-0.25, -0.2) is 4.39 Å². The maximum Gasteiger partial charge on any atom is 0.320 e. The highest BCUT2D eigenvalue weighted by atomic mass is 19.1. The molecule has 0 amide bonds. The molecule has 0 aliphatic carbocycles. The number of rotatable bonds is 8. The smallest absolute Gasteiger partial charge is 0.320 e. The summed E-state index contributed by atoms with van der Waals surface area (Å²) in [6, 6.07) is 5.85. The summed E-state index contributed by atoms with van der Waals surface area (Å²) < 4.78 is 12.8. The van der Waals surface area contributed by atoms with Gasteiger partial charge in [0, 0.05) is 6.04 Å². The molecule has 2 atom stereocenters. The molecule has 0 aliphatic rings. The van der Waals surface area contributed by atoms with Crippen LogP contribution in [-0.4, -0.2) is 23.2 Å². The largest absolute Gasteiger partial charge is 0.480 e. The van der Waals surface area contributed by atoms with Crippen LogP contribution < -0.4 is 5.32 Å². The van der Waals surface area contributed by atoms with E-state index in [1.807, 2.05) is 13.8 Å². The Kier molecular flexibility index (Phi) is 6.50. The Morgan fingerprint density at radius 2 is 2.00 bits per heavy atom. The molecule has 2 N–H and O–H groups in total. The standard InChI is InChI=1S/C15H22FNO2/c1-3-4-5-14(15(18)19)17-11(2)10-12-6-8-13(16)9-7-12/h6-9,11,14,17H,3-5,10H2,1-2H3,(H,18,19)/t11?,14-/m0/s1. The van der Waals surface area contributed by atoms with Crippen molar-refractivity contribution in [1.82, 2.24) is 5.32 Å². The molecule has 4 heteroatoms. The summed E-state index contributed by atoms with van der Waals surface area (Å²) in [4.78, 5) is 11.1. The third kappa shape index (κ3) is 5.83. The number of carboxylic acid groups (broad SMARTS) is 1. The quantitative estimate of drug-likeness (QED) is 0.761. The minimum absolute atomic E-state index is 0.0448. The van der Waals surface area contributed by atoms with Crippen molar-refractivity contribution < 1.29 is 14.3 Å². The zero-order chi connectivity index (χ0) is 14.3. The molecule has 0 radical (unpaired) electrons. The third-order valence-corrected chi connectivity index (χ3v) is 3.09. The Balaban J connectivity index is 2.49. The van der Waals surface area contributed by atoms with E-state index in [2.05, 4.69) is 5.32 Å². The molecule has 0 saturated heterocycles. The van der Waals surface area contributed by atoms with E-state index in [1.54, 1.807) is 12.1 Å². The molecule has 1 rings (SSSR count).